The summed E-state index contributed by atoms with van der Waals surface area (Å²) in [6.45, 7) is 5.80. The molecule has 0 aliphatic carbocycles. The van der Waals surface area contributed by atoms with Crippen LogP contribution in [-0.2, 0) is 4.79 Å². The number of hydrogen-bond donors (Lipinski definition) is 2. The first-order chi connectivity index (χ1) is 8.95. The first-order valence-electron chi connectivity index (χ1n) is 6.43. The third-order valence-electron chi connectivity index (χ3n) is 3.92. The second-order valence-corrected chi connectivity index (χ2v) is 6.64. The Kier molecular flexibility index (Phi) is 4.54. The fourth-order valence-electron chi connectivity index (χ4n) is 2.50. The molecule has 1 unspecified atom stereocenters. The number of carbonyl (C=O) groups is 1. The van der Waals surface area contributed by atoms with Crippen molar-refractivity contribution in [1.82, 2.24) is 5.32 Å². The molecular formula is C14H18BrClN2O. The smallest absolute Gasteiger partial charge is 0.232 e. The number of rotatable bonds is 3. The summed E-state index contributed by atoms with van der Waals surface area (Å²) in [6.07, 6.45) is 0.863. The predicted molar refractivity (Wildman–Crippen MR) is 82.5 cm³/mol. The Bertz CT molecular complexity index is 484. The van der Waals surface area contributed by atoms with Gasteiger partial charge in [0.25, 0.3) is 0 Å². The van der Waals surface area contributed by atoms with E-state index in [4.69, 9.17) is 11.6 Å². The molecule has 1 aliphatic rings. The second kappa shape index (κ2) is 5.81. The summed E-state index contributed by atoms with van der Waals surface area (Å²) in [7, 11) is 0. The Labute approximate surface area is 127 Å². The van der Waals surface area contributed by atoms with Gasteiger partial charge in [-0.15, -0.1) is 0 Å². The van der Waals surface area contributed by atoms with E-state index >= 15 is 0 Å². The van der Waals surface area contributed by atoms with Crippen LogP contribution in [-0.4, -0.2) is 19.0 Å². The van der Waals surface area contributed by atoms with Crippen molar-refractivity contribution >= 4 is 39.1 Å². The van der Waals surface area contributed by atoms with Crippen LogP contribution in [0.5, 0.6) is 0 Å². The molecule has 0 radical (unpaired) electrons. The highest BCUT2D eigenvalue weighted by atomic mass is 79.9. The molecule has 0 spiro atoms. The van der Waals surface area contributed by atoms with Crippen molar-refractivity contribution in [3.8, 4) is 0 Å². The lowest BCUT2D eigenvalue weighted by Crippen LogP contribution is -2.42. The highest BCUT2D eigenvalue weighted by Gasteiger charge is 2.43. The molecule has 1 amide bonds. The molecule has 104 valence electrons. The molecule has 0 bridgehead atoms. The molecule has 1 heterocycles. The fourth-order valence-corrected chi connectivity index (χ4v) is 3.03. The molecule has 1 saturated heterocycles. The van der Waals surface area contributed by atoms with E-state index in [0.29, 0.717) is 10.7 Å². The van der Waals surface area contributed by atoms with Crippen molar-refractivity contribution in [3.05, 3.63) is 27.7 Å². The summed E-state index contributed by atoms with van der Waals surface area (Å²) in [5.41, 5.74) is 0.319. The minimum absolute atomic E-state index is 0.0486. The highest BCUT2D eigenvalue weighted by Crippen LogP contribution is 2.36. The van der Waals surface area contributed by atoms with Crippen molar-refractivity contribution in [2.45, 2.75) is 20.3 Å². The lowest BCUT2D eigenvalue weighted by atomic mass is 9.75. The predicted octanol–water partition coefficient (Wildman–Crippen LogP) is 3.68. The van der Waals surface area contributed by atoms with E-state index in [0.717, 1.165) is 24.0 Å². The summed E-state index contributed by atoms with van der Waals surface area (Å²) in [6, 6.07) is 5.46. The number of halogens is 2. The Morgan fingerprint density at radius 3 is 2.84 bits per heavy atom. The van der Waals surface area contributed by atoms with Gasteiger partial charge in [-0.25, -0.2) is 0 Å². The monoisotopic (exact) mass is 344 g/mol. The van der Waals surface area contributed by atoms with Crippen molar-refractivity contribution in [2.75, 3.05) is 18.4 Å². The number of amides is 1. The van der Waals surface area contributed by atoms with Gasteiger partial charge in [0, 0.05) is 11.0 Å². The van der Waals surface area contributed by atoms with E-state index in [1.165, 1.54) is 0 Å². The van der Waals surface area contributed by atoms with Gasteiger partial charge in [-0.05, 0) is 37.1 Å². The maximum Gasteiger partial charge on any atom is 0.232 e. The topological polar surface area (TPSA) is 41.1 Å². The normalized spacial score (nSPS) is 22.8. The van der Waals surface area contributed by atoms with Crippen molar-refractivity contribution in [2.24, 2.45) is 11.3 Å². The first kappa shape index (κ1) is 14.8. The van der Waals surface area contributed by atoms with Gasteiger partial charge in [0.15, 0.2) is 0 Å². The Hall–Kier alpha value is -0.580. The van der Waals surface area contributed by atoms with Crippen LogP contribution in [0.2, 0.25) is 5.02 Å². The van der Waals surface area contributed by atoms with E-state index in [1.807, 2.05) is 12.1 Å². The molecule has 1 fully saturated rings. The zero-order valence-corrected chi connectivity index (χ0v) is 13.4. The van der Waals surface area contributed by atoms with E-state index in [9.17, 15) is 4.79 Å². The maximum atomic E-state index is 12.6. The van der Waals surface area contributed by atoms with Crippen LogP contribution < -0.4 is 10.6 Å². The Morgan fingerprint density at radius 2 is 2.26 bits per heavy atom. The van der Waals surface area contributed by atoms with Crippen molar-refractivity contribution < 1.29 is 4.79 Å². The van der Waals surface area contributed by atoms with Gasteiger partial charge < -0.3 is 10.6 Å². The van der Waals surface area contributed by atoms with Gasteiger partial charge in [0.2, 0.25) is 5.91 Å². The molecule has 19 heavy (non-hydrogen) atoms. The lowest BCUT2D eigenvalue weighted by molar-refractivity contribution is -0.126. The molecule has 0 aromatic heterocycles. The maximum absolute atomic E-state index is 12.6. The van der Waals surface area contributed by atoms with Gasteiger partial charge in [-0.3, -0.25) is 4.79 Å². The number of nitrogens with one attached hydrogen (secondary N) is 2. The molecule has 1 atom stereocenters. The van der Waals surface area contributed by atoms with Crippen LogP contribution in [0.25, 0.3) is 0 Å². The van der Waals surface area contributed by atoms with Crippen LogP contribution in [0.4, 0.5) is 5.69 Å². The van der Waals surface area contributed by atoms with E-state index in [1.54, 1.807) is 6.07 Å². The summed E-state index contributed by atoms with van der Waals surface area (Å²) >= 11 is 9.51. The summed E-state index contributed by atoms with van der Waals surface area (Å²) in [5.74, 6) is 0.334. The van der Waals surface area contributed by atoms with Gasteiger partial charge in [-0.1, -0.05) is 41.4 Å². The standard InChI is InChI=1S/C14H18BrClN2O/c1-9(2)14(5-6-17-8-14)13(19)18-12-7-10(15)3-4-11(12)16/h3-4,7,9,17H,5-6,8H2,1-2H3,(H,18,19). The largest absolute Gasteiger partial charge is 0.324 e. The van der Waals surface area contributed by atoms with E-state index in [-0.39, 0.29) is 17.2 Å². The van der Waals surface area contributed by atoms with E-state index < -0.39 is 0 Å². The third-order valence-corrected chi connectivity index (χ3v) is 4.75. The van der Waals surface area contributed by atoms with Gasteiger partial charge in [0.1, 0.15) is 0 Å². The second-order valence-electron chi connectivity index (χ2n) is 5.32. The van der Waals surface area contributed by atoms with Gasteiger partial charge >= 0.3 is 0 Å². The Balaban J connectivity index is 2.22. The first-order valence-corrected chi connectivity index (χ1v) is 7.60. The summed E-state index contributed by atoms with van der Waals surface area (Å²) < 4.78 is 0.898. The number of carbonyl (C=O) groups excluding carboxylic acids is 1. The van der Waals surface area contributed by atoms with Crippen LogP contribution in [0.3, 0.4) is 0 Å². The molecule has 3 nitrogen and oxygen atoms in total. The fraction of sp³-hybridized carbons (Fsp3) is 0.500. The molecule has 2 N–H and O–H groups in total. The highest BCUT2D eigenvalue weighted by molar-refractivity contribution is 9.10. The minimum atomic E-state index is -0.342. The average molecular weight is 346 g/mol. The molecule has 2 rings (SSSR count). The SMILES string of the molecule is CC(C)C1(C(=O)Nc2cc(Br)ccc2Cl)CCNC1. The van der Waals surface area contributed by atoms with Crippen molar-refractivity contribution in [1.29, 1.82) is 0 Å². The summed E-state index contributed by atoms with van der Waals surface area (Å²) in [5, 5.41) is 6.82. The molecule has 0 saturated carbocycles. The van der Waals surface area contributed by atoms with Crippen LogP contribution in [0.15, 0.2) is 22.7 Å². The third kappa shape index (κ3) is 2.96. The van der Waals surface area contributed by atoms with Crippen LogP contribution in [0, 0.1) is 11.3 Å². The van der Waals surface area contributed by atoms with Gasteiger partial charge in [0.05, 0.1) is 16.1 Å². The minimum Gasteiger partial charge on any atom is -0.324 e. The zero-order valence-electron chi connectivity index (χ0n) is 11.1. The quantitative estimate of drug-likeness (QED) is 0.877. The zero-order chi connectivity index (χ0) is 14.0. The summed E-state index contributed by atoms with van der Waals surface area (Å²) in [4.78, 5) is 12.6. The lowest BCUT2D eigenvalue weighted by Gasteiger charge is -2.31. The van der Waals surface area contributed by atoms with Crippen LogP contribution in [0.1, 0.15) is 20.3 Å². The molecule has 5 heteroatoms. The van der Waals surface area contributed by atoms with E-state index in [2.05, 4.69) is 40.4 Å². The van der Waals surface area contributed by atoms with Crippen LogP contribution >= 0.6 is 27.5 Å². The number of benzene rings is 1. The number of hydrogen-bond acceptors (Lipinski definition) is 2. The number of anilines is 1. The van der Waals surface area contributed by atoms with Crippen molar-refractivity contribution in [3.63, 3.8) is 0 Å². The molecule has 1 aromatic rings. The van der Waals surface area contributed by atoms with Gasteiger partial charge in [-0.2, -0.15) is 0 Å². The molecule has 1 aliphatic heterocycles. The average Bonchev–Trinajstić information content (AvgIpc) is 2.84. The molecular weight excluding hydrogens is 328 g/mol. The molecule has 1 aromatic carbocycles. The Morgan fingerprint density at radius 1 is 1.53 bits per heavy atom.